The molecule has 1 aromatic heterocycles. The summed E-state index contributed by atoms with van der Waals surface area (Å²) in [7, 11) is 0. The van der Waals surface area contributed by atoms with Crippen LogP contribution < -0.4 is 5.73 Å². The summed E-state index contributed by atoms with van der Waals surface area (Å²) in [6.07, 6.45) is 3.15. The maximum atomic E-state index is 5.84. The molecule has 5 heteroatoms. The highest BCUT2D eigenvalue weighted by Crippen LogP contribution is 2.33. The zero-order valence-electron chi connectivity index (χ0n) is 11.6. The van der Waals surface area contributed by atoms with Crippen LogP contribution in [-0.4, -0.2) is 16.7 Å². The molecule has 5 nitrogen and oxygen atoms in total. The summed E-state index contributed by atoms with van der Waals surface area (Å²) < 4.78 is 11.2. The quantitative estimate of drug-likeness (QED) is 0.930. The van der Waals surface area contributed by atoms with Crippen molar-refractivity contribution in [3.8, 4) is 11.5 Å². The van der Waals surface area contributed by atoms with Crippen LogP contribution in [0.4, 0.5) is 0 Å². The van der Waals surface area contributed by atoms with Gasteiger partial charge in [0.2, 0.25) is 5.82 Å². The van der Waals surface area contributed by atoms with Crippen LogP contribution in [-0.2, 0) is 16.9 Å². The van der Waals surface area contributed by atoms with Crippen LogP contribution in [0.5, 0.6) is 0 Å². The fourth-order valence-corrected chi connectivity index (χ4v) is 2.50. The molecule has 0 saturated carbocycles. The Kier molecular flexibility index (Phi) is 3.54. The minimum absolute atomic E-state index is 0.425. The van der Waals surface area contributed by atoms with Gasteiger partial charge < -0.3 is 15.0 Å². The molecule has 1 fully saturated rings. The summed E-state index contributed by atoms with van der Waals surface area (Å²) in [5.41, 5.74) is 7.17. The second-order valence-electron chi connectivity index (χ2n) is 5.36. The molecule has 0 spiro atoms. The van der Waals surface area contributed by atoms with Crippen LogP contribution in [0.2, 0.25) is 0 Å². The van der Waals surface area contributed by atoms with Crippen LogP contribution in [0.1, 0.15) is 37.6 Å². The van der Waals surface area contributed by atoms with Crippen LogP contribution in [0, 0.1) is 0 Å². The Hall–Kier alpha value is -1.72. The molecular weight excluding hydrogens is 254 g/mol. The smallest absolute Gasteiger partial charge is 0.258 e. The van der Waals surface area contributed by atoms with E-state index >= 15 is 0 Å². The van der Waals surface area contributed by atoms with Gasteiger partial charge in [-0.05, 0) is 43.9 Å². The van der Waals surface area contributed by atoms with Gasteiger partial charge in [0.25, 0.3) is 5.89 Å². The number of hydrogen-bond acceptors (Lipinski definition) is 5. The Morgan fingerprint density at radius 1 is 1.35 bits per heavy atom. The van der Waals surface area contributed by atoms with Crippen LogP contribution >= 0.6 is 0 Å². The Balaban J connectivity index is 1.89. The lowest BCUT2D eigenvalue weighted by Gasteiger charge is -2.30. The summed E-state index contributed by atoms with van der Waals surface area (Å²) in [5, 5.41) is 4.10. The summed E-state index contributed by atoms with van der Waals surface area (Å²) in [6.45, 7) is 3.27. The fraction of sp³-hybridized carbons (Fsp3) is 0.467. The third kappa shape index (κ3) is 2.46. The number of ether oxygens (including phenoxy) is 1. The van der Waals surface area contributed by atoms with E-state index < -0.39 is 5.60 Å². The van der Waals surface area contributed by atoms with Gasteiger partial charge in [0, 0.05) is 18.7 Å². The van der Waals surface area contributed by atoms with Crippen molar-refractivity contribution in [2.75, 3.05) is 6.61 Å². The highest BCUT2D eigenvalue weighted by atomic mass is 16.5. The van der Waals surface area contributed by atoms with Gasteiger partial charge >= 0.3 is 0 Å². The molecule has 1 atom stereocenters. The van der Waals surface area contributed by atoms with E-state index in [-0.39, 0.29) is 0 Å². The lowest BCUT2D eigenvalue weighted by molar-refractivity contribution is -0.0770. The van der Waals surface area contributed by atoms with Crippen molar-refractivity contribution in [3.63, 3.8) is 0 Å². The van der Waals surface area contributed by atoms with Crippen LogP contribution in [0.3, 0.4) is 0 Å². The predicted molar refractivity (Wildman–Crippen MR) is 74.8 cm³/mol. The normalized spacial score (nSPS) is 22.9. The van der Waals surface area contributed by atoms with E-state index in [0.717, 1.165) is 37.0 Å². The van der Waals surface area contributed by atoms with Crippen molar-refractivity contribution in [1.82, 2.24) is 10.1 Å². The second kappa shape index (κ2) is 5.34. The highest BCUT2D eigenvalue weighted by molar-refractivity contribution is 5.54. The molecule has 0 radical (unpaired) electrons. The highest BCUT2D eigenvalue weighted by Gasteiger charge is 2.35. The summed E-state index contributed by atoms with van der Waals surface area (Å²) in [4.78, 5) is 4.51. The predicted octanol–water partition coefficient (Wildman–Crippen LogP) is 2.61. The molecule has 20 heavy (non-hydrogen) atoms. The van der Waals surface area contributed by atoms with E-state index in [1.807, 2.05) is 31.2 Å². The first-order valence-corrected chi connectivity index (χ1v) is 6.99. The molecule has 0 amide bonds. The van der Waals surface area contributed by atoms with E-state index in [1.165, 1.54) is 0 Å². The molecule has 0 aliphatic carbocycles. The fourth-order valence-electron chi connectivity index (χ4n) is 2.50. The molecule has 1 aliphatic heterocycles. The van der Waals surface area contributed by atoms with E-state index in [9.17, 15) is 0 Å². The first-order valence-electron chi connectivity index (χ1n) is 6.99. The van der Waals surface area contributed by atoms with Gasteiger partial charge in [0.05, 0.1) is 0 Å². The van der Waals surface area contributed by atoms with Crippen molar-refractivity contribution in [2.24, 2.45) is 5.73 Å². The lowest BCUT2D eigenvalue weighted by Crippen LogP contribution is -2.31. The molecule has 1 aromatic carbocycles. The second-order valence-corrected chi connectivity index (χ2v) is 5.36. The molecular formula is C15H19N3O2. The van der Waals surface area contributed by atoms with Gasteiger partial charge in [-0.25, -0.2) is 0 Å². The Morgan fingerprint density at radius 3 is 3.00 bits per heavy atom. The van der Waals surface area contributed by atoms with Crippen molar-refractivity contribution in [3.05, 3.63) is 35.7 Å². The van der Waals surface area contributed by atoms with Crippen LogP contribution in [0.15, 0.2) is 28.8 Å². The molecule has 1 unspecified atom stereocenters. The monoisotopic (exact) mass is 273 g/mol. The van der Waals surface area contributed by atoms with Gasteiger partial charge in [-0.1, -0.05) is 17.3 Å². The maximum absolute atomic E-state index is 5.84. The van der Waals surface area contributed by atoms with E-state index in [0.29, 0.717) is 18.3 Å². The minimum Gasteiger partial charge on any atom is -0.367 e. The molecule has 1 aliphatic rings. The molecule has 2 aromatic rings. The van der Waals surface area contributed by atoms with E-state index in [2.05, 4.69) is 10.1 Å². The lowest BCUT2D eigenvalue weighted by atomic mass is 9.95. The zero-order valence-corrected chi connectivity index (χ0v) is 11.6. The first-order chi connectivity index (χ1) is 9.71. The average Bonchev–Trinajstić information content (AvgIpc) is 2.99. The number of nitrogens with two attached hydrogens (primary N) is 1. The summed E-state index contributed by atoms with van der Waals surface area (Å²) in [5.74, 6) is 1.15. The van der Waals surface area contributed by atoms with Gasteiger partial charge in [0.15, 0.2) is 0 Å². The molecule has 2 heterocycles. The van der Waals surface area contributed by atoms with Gasteiger partial charge in [-0.2, -0.15) is 4.98 Å². The van der Waals surface area contributed by atoms with Crippen molar-refractivity contribution in [1.29, 1.82) is 0 Å². The van der Waals surface area contributed by atoms with E-state index in [4.69, 9.17) is 15.0 Å². The largest absolute Gasteiger partial charge is 0.367 e. The number of rotatable bonds is 3. The minimum atomic E-state index is -0.425. The third-order valence-corrected chi connectivity index (χ3v) is 3.78. The number of hydrogen-bond donors (Lipinski definition) is 1. The van der Waals surface area contributed by atoms with Crippen LogP contribution in [0.25, 0.3) is 11.5 Å². The average molecular weight is 273 g/mol. The van der Waals surface area contributed by atoms with Gasteiger partial charge in [-0.3, -0.25) is 0 Å². The molecule has 2 N–H and O–H groups in total. The molecule has 106 valence electrons. The Bertz CT molecular complexity index is 588. The molecule has 0 bridgehead atoms. The molecule has 1 saturated heterocycles. The summed E-state index contributed by atoms with van der Waals surface area (Å²) in [6, 6.07) is 7.84. The topological polar surface area (TPSA) is 74.2 Å². The SMILES string of the molecule is CC1(c2noc(-c3cccc(CN)c3)n2)CCCCO1. The zero-order chi connectivity index (χ0) is 14.0. The molecule has 3 rings (SSSR count). The number of benzene rings is 1. The maximum Gasteiger partial charge on any atom is 0.258 e. The Morgan fingerprint density at radius 2 is 2.25 bits per heavy atom. The van der Waals surface area contributed by atoms with Crippen molar-refractivity contribution >= 4 is 0 Å². The first kappa shape index (κ1) is 13.3. The standard InChI is InChI=1S/C15H19N3O2/c1-15(7-2-3-8-19-15)14-17-13(20-18-14)12-6-4-5-11(9-12)10-16/h4-6,9H,2-3,7-8,10,16H2,1H3. The van der Waals surface area contributed by atoms with Gasteiger partial charge in [0.1, 0.15) is 5.60 Å². The van der Waals surface area contributed by atoms with Crippen molar-refractivity contribution in [2.45, 2.75) is 38.3 Å². The number of nitrogens with zero attached hydrogens (tertiary/aromatic N) is 2. The van der Waals surface area contributed by atoms with Gasteiger partial charge in [-0.15, -0.1) is 0 Å². The van der Waals surface area contributed by atoms with E-state index in [1.54, 1.807) is 0 Å². The van der Waals surface area contributed by atoms with Crippen molar-refractivity contribution < 1.29 is 9.26 Å². The third-order valence-electron chi connectivity index (χ3n) is 3.78. The Labute approximate surface area is 118 Å². The summed E-state index contributed by atoms with van der Waals surface area (Å²) >= 11 is 0. The number of aromatic nitrogens is 2.